The van der Waals surface area contributed by atoms with Crippen molar-refractivity contribution in [2.45, 2.75) is 12.5 Å². The van der Waals surface area contributed by atoms with E-state index in [1.54, 1.807) is 38.5 Å². The van der Waals surface area contributed by atoms with Crippen molar-refractivity contribution in [3.8, 4) is 5.75 Å². The van der Waals surface area contributed by atoms with Gasteiger partial charge in [-0.25, -0.2) is 0 Å². The zero-order chi connectivity index (χ0) is 13.4. The Morgan fingerprint density at radius 2 is 2.22 bits per heavy atom. The number of benzene rings is 1. The summed E-state index contributed by atoms with van der Waals surface area (Å²) in [6.07, 6.45) is 0.672. The topological polar surface area (TPSA) is 47.6 Å². The molecule has 0 spiro atoms. The molecule has 18 heavy (non-hydrogen) atoms. The fourth-order valence-electron chi connectivity index (χ4n) is 1.56. The highest BCUT2D eigenvalue weighted by Gasteiger charge is 2.13. The summed E-state index contributed by atoms with van der Waals surface area (Å²) in [6, 6.07) is 6.93. The third kappa shape index (κ3) is 4.55. The fraction of sp³-hybridized carbons (Fsp3) is 0.462. The first-order valence-electron chi connectivity index (χ1n) is 5.71. The molecule has 1 N–H and O–H groups in total. The molecule has 0 saturated heterocycles. The summed E-state index contributed by atoms with van der Waals surface area (Å²) in [7, 11) is 3.16. The number of nitrogens with one attached hydrogen (secondary N) is 1. The maximum Gasteiger partial charge on any atom is 0.251 e. The van der Waals surface area contributed by atoms with E-state index in [9.17, 15) is 4.79 Å². The van der Waals surface area contributed by atoms with Gasteiger partial charge in [0.1, 0.15) is 5.75 Å². The number of carbonyl (C=O) groups excluding carboxylic acids is 1. The Balaban J connectivity index is 2.67. The van der Waals surface area contributed by atoms with E-state index in [0.717, 1.165) is 0 Å². The van der Waals surface area contributed by atoms with E-state index in [-0.39, 0.29) is 11.9 Å². The number of amides is 1. The van der Waals surface area contributed by atoms with Gasteiger partial charge in [-0.2, -0.15) is 0 Å². The van der Waals surface area contributed by atoms with E-state index >= 15 is 0 Å². The molecule has 100 valence electrons. The van der Waals surface area contributed by atoms with E-state index in [4.69, 9.17) is 21.1 Å². The van der Waals surface area contributed by atoms with E-state index < -0.39 is 0 Å². The quantitative estimate of drug-likeness (QED) is 0.773. The molecule has 1 rings (SSSR count). The van der Waals surface area contributed by atoms with Crippen molar-refractivity contribution in [3.05, 3.63) is 29.8 Å². The zero-order valence-corrected chi connectivity index (χ0v) is 11.4. The number of hydrogen-bond donors (Lipinski definition) is 1. The molecular formula is C13H18ClNO3. The van der Waals surface area contributed by atoms with Crippen LogP contribution in [0.1, 0.15) is 16.8 Å². The number of carbonyl (C=O) groups is 1. The van der Waals surface area contributed by atoms with Crippen LogP contribution in [0.5, 0.6) is 5.75 Å². The fourth-order valence-corrected chi connectivity index (χ4v) is 1.83. The highest BCUT2D eigenvalue weighted by molar-refractivity contribution is 6.17. The van der Waals surface area contributed by atoms with Crippen LogP contribution in [0.2, 0.25) is 0 Å². The highest BCUT2D eigenvalue weighted by Crippen LogP contribution is 2.12. The summed E-state index contributed by atoms with van der Waals surface area (Å²) >= 11 is 5.68. The molecule has 0 heterocycles. The molecule has 0 aromatic heterocycles. The number of methoxy groups -OCH3 is 2. The van der Waals surface area contributed by atoms with Crippen LogP contribution in [0, 0.1) is 0 Å². The van der Waals surface area contributed by atoms with E-state index in [1.807, 2.05) is 0 Å². The summed E-state index contributed by atoms with van der Waals surface area (Å²) in [5.41, 5.74) is 0.560. The van der Waals surface area contributed by atoms with Gasteiger partial charge in [0, 0.05) is 18.6 Å². The van der Waals surface area contributed by atoms with Crippen LogP contribution >= 0.6 is 11.6 Å². The Morgan fingerprint density at radius 1 is 1.44 bits per heavy atom. The summed E-state index contributed by atoms with van der Waals surface area (Å²) in [6.45, 7) is 0.447. The number of ether oxygens (including phenoxy) is 2. The van der Waals surface area contributed by atoms with Crippen molar-refractivity contribution in [1.29, 1.82) is 0 Å². The van der Waals surface area contributed by atoms with Gasteiger partial charge in [0.05, 0.1) is 19.8 Å². The van der Waals surface area contributed by atoms with Crippen LogP contribution in [0.4, 0.5) is 0 Å². The SMILES string of the molecule is COCC(CCCl)NC(=O)c1cccc(OC)c1. The Kier molecular flexibility index (Phi) is 6.54. The Hall–Kier alpha value is -1.26. The van der Waals surface area contributed by atoms with Crippen LogP contribution in [-0.2, 0) is 4.74 Å². The molecule has 5 heteroatoms. The minimum absolute atomic E-state index is 0.0776. The van der Waals surface area contributed by atoms with Crippen molar-refractivity contribution in [2.24, 2.45) is 0 Å². The highest BCUT2D eigenvalue weighted by atomic mass is 35.5. The molecule has 1 unspecified atom stereocenters. The molecule has 0 saturated carbocycles. The predicted octanol–water partition coefficient (Wildman–Crippen LogP) is 2.07. The standard InChI is InChI=1S/C13H18ClNO3/c1-17-9-11(6-7-14)15-13(16)10-4-3-5-12(8-10)18-2/h3-5,8,11H,6-7,9H2,1-2H3,(H,15,16). The molecule has 0 radical (unpaired) electrons. The predicted molar refractivity (Wildman–Crippen MR) is 71.5 cm³/mol. The van der Waals surface area contributed by atoms with E-state index in [2.05, 4.69) is 5.32 Å². The Labute approximate surface area is 112 Å². The molecule has 0 fully saturated rings. The smallest absolute Gasteiger partial charge is 0.251 e. The second-order valence-electron chi connectivity index (χ2n) is 3.84. The largest absolute Gasteiger partial charge is 0.497 e. The minimum atomic E-state index is -0.152. The van der Waals surface area contributed by atoms with Gasteiger partial charge in [-0.3, -0.25) is 4.79 Å². The van der Waals surface area contributed by atoms with Crippen LogP contribution in [-0.4, -0.2) is 38.7 Å². The lowest BCUT2D eigenvalue weighted by Crippen LogP contribution is -2.38. The van der Waals surface area contributed by atoms with Crippen molar-refractivity contribution in [1.82, 2.24) is 5.32 Å². The summed E-state index contributed by atoms with van der Waals surface area (Å²) < 4.78 is 10.1. The van der Waals surface area contributed by atoms with Crippen molar-refractivity contribution in [3.63, 3.8) is 0 Å². The molecule has 1 amide bonds. The molecule has 0 bridgehead atoms. The van der Waals surface area contributed by atoms with Gasteiger partial charge in [0.25, 0.3) is 5.91 Å². The second kappa shape index (κ2) is 7.95. The second-order valence-corrected chi connectivity index (χ2v) is 4.21. The van der Waals surface area contributed by atoms with Crippen molar-refractivity contribution >= 4 is 17.5 Å². The molecular weight excluding hydrogens is 254 g/mol. The summed E-state index contributed by atoms with van der Waals surface area (Å²) in [5, 5.41) is 2.88. The van der Waals surface area contributed by atoms with Gasteiger partial charge in [-0.05, 0) is 24.6 Å². The molecule has 0 aliphatic rings. The molecule has 0 aliphatic heterocycles. The molecule has 1 aromatic carbocycles. The monoisotopic (exact) mass is 271 g/mol. The maximum atomic E-state index is 12.0. The van der Waals surface area contributed by atoms with E-state index in [1.165, 1.54) is 0 Å². The van der Waals surface area contributed by atoms with Gasteiger partial charge in [-0.1, -0.05) is 6.07 Å². The number of hydrogen-bond acceptors (Lipinski definition) is 3. The van der Waals surface area contributed by atoms with Gasteiger partial charge >= 0.3 is 0 Å². The average Bonchev–Trinajstić information content (AvgIpc) is 2.39. The lowest BCUT2D eigenvalue weighted by molar-refractivity contribution is 0.0895. The van der Waals surface area contributed by atoms with Crippen LogP contribution in [0.25, 0.3) is 0 Å². The zero-order valence-electron chi connectivity index (χ0n) is 10.6. The van der Waals surface area contributed by atoms with Gasteiger partial charge in [0.15, 0.2) is 0 Å². The molecule has 1 atom stereocenters. The Bertz CT molecular complexity index is 378. The van der Waals surface area contributed by atoms with Gasteiger partial charge < -0.3 is 14.8 Å². The van der Waals surface area contributed by atoms with Crippen LogP contribution in [0.3, 0.4) is 0 Å². The normalized spacial score (nSPS) is 11.9. The summed E-state index contributed by atoms with van der Waals surface area (Å²) in [5.74, 6) is 0.983. The van der Waals surface area contributed by atoms with Gasteiger partial charge in [0.2, 0.25) is 0 Å². The lowest BCUT2D eigenvalue weighted by Gasteiger charge is -2.16. The number of rotatable bonds is 7. The maximum absolute atomic E-state index is 12.0. The Morgan fingerprint density at radius 3 is 2.83 bits per heavy atom. The first-order valence-corrected chi connectivity index (χ1v) is 6.24. The van der Waals surface area contributed by atoms with E-state index in [0.29, 0.717) is 30.2 Å². The number of halogens is 1. The van der Waals surface area contributed by atoms with Crippen molar-refractivity contribution in [2.75, 3.05) is 26.7 Å². The van der Waals surface area contributed by atoms with Crippen LogP contribution in [0.15, 0.2) is 24.3 Å². The average molecular weight is 272 g/mol. The number of alkyl halides is 1. The first-order chi connectivity index (χ1) is 8.71. The molecule has 0 aliphatic carbocycles. The molecule has 4 nitrogen and oxygen atoms in total. The van der Waals surface area contributed by atoms with Crippen LogP contribution < -0.4 is 10.1 Å². The third-order valence-corrected chi connectivity index (χ3v) is 2.71. The lowest BCUT2D eigenvalue weighted by atomic mass is 10.1. The van der Waals surface area contributed by atoms with Crippen molar-refractivity contribution < 1.29 is 14.3 Å². The summed E-state index contributed by atoms with van der Waals surface area (Å²) in [4.78, 5) is 12.0. The first kappa shape index (κ1) is 14.8. The minimum Gasteiger partial charge on any atom is -0.497 e. The molecule has 1 aromatic rings. The van der Waals surface area contributed by atoms with Gasteiger partial charge in [-0.15, -0.1) is 11.6 Å². The third-order valence-electron chi connectivity index (χ3n) is 2.49.